The summed E-state index contributed by atoms with van der Waals surface area (Å²) in [6.07, 6.45) is 1.62. The normalized spacial score (nSPS) is 10.9. The van der Waals surface area contributed by atoms with Crippen LogP contribution in [0.3, 0.4) is 0 Å². The Balaban J connectivity index is 1.98. The number of hydrogen-bond acceptors (Lipinski definition) is 3. The highest BCUT2D eigenvalue weighted by Gasteiger charge is 2.10. The molecule has 5 nitrogen and oxygen atoms in total. The Morgan fingerprint density at radius 2 is 1.79 bits per heavy atom. The lowest BCUT2D eigenvalue weighted by molar-refractivity contribution is 0.239. The van der Waals surface area contributed by atoms with Gasteiger partial charge in [-0.25, -0.2) is 10.2 Å². The van der Waals surface area contributed by atoms with Crippen LogP contribution in [0, 0.1) is 0 Å². The van der Waals surface area contributed by atoms with E-state index in [9.17, 15) is 4.79 Å². The van der Waals surface area contributed by atoms with Crippen molar-refractivity contribution in [2.45, 2.75) is 20.0 Å². The first-order valence-corrected chi connectivity index (χ1v) is 8.85. The minimum Gasteiger partial charge on any atom is -0.489 e. The number of para-hydroxylation sites is 1. The molecule has 0 fully saturated rings. The Labute approximate surface area is 157 Å². The fourth-order valence-corrected chi connectivity index (χ4v) is 3.26. The third-order valence-electron chi connectivity index (χ3n) is 2.79. The standard InChI is InChI=1S/C17H17Br2N3O2/c1-11(2)24-16-14(18)8-12(9-15(16)19)10-20-22-17(23)21-13-6-4-3-5-7-13/h3-11H,1-2H3,(H2,21,22,23)/b20-10+. The topological polar surface area (TPSA) is 62.7 Å². The van der Waals surface area contributed by atoms with Crippen molar-refractivity contribution >= 4 is 49.8 Å². The Kier molecular flexibility index (Phi) is 6.81. The first kappa shape index (κ1) is 18.5. The minimum absolute atomic E-state index is 0.0699. The largest absolute Gasteiger partial charge is 0.489 e. The maximum Gasteiger partial charge on any atom is 0.339 e. The molecule has 0 aliphatic carbocycles. The Morgan fingerprint density at radius 1 is 1.17 bits per heavy atom. The number of hydrogen-bond donors (Lipinski definition) is 2. The zero-order chi connectivity index (χ0) is 17.5. The number of anilines is 1. The van der Waals surface area contributed by atoms with E-state index in [0.29, 0.717) is 5.69 Å². The van der Waals surface area contributed by atoms with Gasteiger partial charge in [0.15, 0.2) is 0 Å². The number of carbonyl (C=O) groups excluding carboxylic acids is 1. The molecule has 0 aromatic heterocycles. The van der Waals surface area contributed by atoms with Crippen LogP contribution in [-0.2, 0) is 0 Å². The van der Waals surface area contributed by atoms with E-state index in [2.05, 4.69) is 47.7 Å². The van der Waals surface area contributed by atoms with Crippen molar-refractivity contribution in [1.29, 1.82) is 0 Å². The van der Waals surface area contributed by atoms with Crippen molar-refractivity contribution < 1.29 is 9.53 Å². The van der Waals surface area contributed by atoms with Crippen molar-refractivity contribution in [3.63, 3.8) is 0 Å². The van der Waals surface area contributed by atoms with Gasteiger partial charge in [0.1, 0.15) is 5.75 Å². The molecule has 2 aromatic rings. The van der Waals surface area contributed by atoms with E-state index in [4.69, 9.17) is 4.74 Å². The summed E-state index contributed by atoms with van der Waals surface area (Å²) in [6, 6.07) is 12.5. The van der Waals surface area contributed by atoms with Gasteiger partial charge in [0, 0.05) is 5.69 Å². The molecule has 0 spiro atoms. The molecule has 2 rings (SSSR count). The molecule has 2 aromatic carbocycles. The molecule has 24 heavy (non-hydrogen) atoms. The summed E-state index contributed by atoms with van der Waals surface area (Å²) >= 11 is 6.95. The SMILES string of the molecule is CC(C)Oc1c(Br)cc(/C=N/NC(=O)Nc2ccccc2)cc1Br. The summed E-state index contributed by atoms with van der Waals surface area (Å²) in [4.78, 5) is 11.7. The summed E-state index contributed by atoms with van der Waals surface area (Å²) in [5.41, 5.74) is 3.93. The van der Waals surface area contributed by atoms with Crippen molar-refractivity contribution in [3.05, 3.63) is 57.0 Å². The minimum atomic E-state index is -0.407. The third kappa shape index (κ3) is 5.65. The van der Waals surface area contributed by atoms with Crippen LogP contribution in [-0.4, -0.2) is 18.3 Å². The number of nitrogens with zero attached hydrogens (tertiary/aromatic N) is 1. The van der Waals surface area contributed by atoms with E-state index in [1.807, 2.05) is 44.2 Å². The average Bonchev–Trinajstić information content (AvgIpc) is 2.52. The first-order chi connectivity index (χ1) is 11.5. The molecule has 0 radical (unpaired) electrons. The molecule has 0 saturated carbocycles. The van der Waals surface area contributed by atoms with Gasteiger partial charge in [-0.05, 0) is 75.5 Å². The third-order valence-corrected chi connectivity index (χ3v) is 3.96. The monoisotopic (exact) mass is 453 g/mol. The fraction of sp³-hybridized carbons (Fsp3) is 0.176. The van der Waals surface area contributed by atoms with E-state index in [-0.39, 0.29) is 6.10 Å². The van der Waals surface area contributed by atoms with Crippen LogP contribution in [0.1, 0.15) is 19.4 Å². The van der Waals surface area contributed by atoms with Gasteiger partial charge in [0.25, 0.3) is 0 Å². The van der Waals surface area contributed by atoms with Crippen molar-refractivity contribution in [2.75, 3.05) is 5.32 Å². The number of amides is 2. The van der Waals surface area contributed by atoms with Crippen LogP contribution in [0.15, 0.2) is 56.5 Å². The second kappa shape index (κ2) is 8.84. The van der Waals surface area contributed by atoms with Gasteiger partial charge in [-0.2, -0.15) is 5.10 Å². The van der Waals surface area contributed by atoms with Crippen LogP contribution < -0.4 is 15.5 Å². The number of carbonyl (C=O) groups is 1. The van der Waals surface area contributed by atoms with Gasteiger partial charge < -0.3 is 10.1 Å². The van der Waals surface area contributed by atoms with E-state index < -0.39 is 6.03 Å². The van der Waals surface area contributed by atoms with Crippen LogP contribution in [0.4, 0.5) is 10.5 Å². The van der Waals surface area contributed by atoms with Crippen LogP contribution >= 0.6 is 31.9 Å². The summed E-state index contributed by atoms with van der Waals surface area (Å²) in [5.74, 6) is 0.733. The number of halogens is 2. The van der Waals surface area contributed by atoms with Crippen molar-refractivity contribution in [1.82, 2.24) is 5.43 Å². The van der Waals surface area contributed by atoms with Crippen LogP contribution in [0.5, 0.6) is 5.75 Å². The number of nitrogens with one attached hydrogen (secondary N) is 2. The second-order valence-corrected chi connectivity index (χ2v) is 6.88. The van der Waals surface area contributed by atoms with Gasteiger partial charge in [0.05, 0.1) is 21.3 Å². The molecule has 0 aliphatic rings. The number of benzene rings is 2. The molecular formula is C17H17Br2N3O2. The molecule has 2 N–H and O–H groups in total. The molecule has 0 unspecified atom stereocenters. The predicted octanol–water partition coefficient (Wildman–Crippen LogP) is 5.15. The van der Waals surface area contributed by atoms with Crippen LogP contribution in [0.25, 0.3) is 0 Å². The van der Waals surface area contributed by atoms with E-state index in [0.717, 1.165) is 20.3 Å². The highest BCUT2D eigenvalue weighted by Crippen LogP contribution is 2.35. The zero-order valence-electron chi connectivity index (χ0n) is 13.2. The summed E-state index contributed by atoms with van der Waals surface area (Å²) < 4.78 is 7.33. The van der Waals surface area contributed by atoms with Crippen LogP contribution in [0.2, 0.25) is 0 Å². The average molecular weight is 455 g/mol. The van der Waals surface area contributed by atoms with E-state index in [1.165, 1.54) is 0 Å². The number of rotatable bonds is 5. The molecule has 7 heteroatoms. The van der Waals surface area contributed by atoms with E-state index >= 15 is 0 Å². The van der Waals surface area contributed by atoms with Gasteiger partial charge in [-0.1, -0.05) is 18.2 Å². The smallest absolute Gasteiger partial charge is 0.339 e. The Morgan fingerprint density at radius 3 is 2.38 bits per heavy atom. The number of urea groups is 1. The highest BCUT2D eigenvalue weighted by atomic mass is 79.9. The maximum atomic E-state index is 11.7. The second-order valence-electron chi connectivity index (χ2n) is 5.17. The molecule has 0 heterocycles. The summed E-state index contributed by atoms with van der Waals surface area (Å²) in [5, 5.41) is 6.62. The van der Waals surface area contributed by atoms with Crippen molar-refractivity contribution in [2.24, 2.45) is 5.10 Å². The number of hydrazone groups is 1. The van der Waals surface area contributed by atoms with Gasteiger partial charge in [0.2, 0.25) is 0 Å². The van der Waals surface area contributed by atoms with Gasteiger partial charge >= 0.3 is 6.03 Å². The van der Waals surface area contributed by atoms with Crippen molar-refractivity contribution in [3.8, 4) is 5.75 Å². The first-order valence-electron chi connectivity index (χ1n) is 7.26. The Bertz CT molecular complexity index is 711. The quantitative estimate of drug-likeness (QED) is 0.484. The highest BCUT2D eigenvalue weighted by molar-refractivity contribution is 9.11. The molecule has 0 atom stereocenters. The maximum absolute atomic E-state index is 11.7. The lowest BCUT2D eigenvalue weighted by atomic mass is 10.2. The molecule has 0 bridgehead atoms. The molecule has 126 valence electrons. The van der Waals surface area contributed by atoms with Gasteiger partial charge in [-0.3, -0.25) is 0 Å². The Hall–Kier alpha value is -1.86. The number of ether oxygens (including phenoxy) is 1. The lowest BCUT2D eigenvalue weighted by Crippen LogP contribution is -2.24. The summed E-state index contributed by atoms with van der Waals surface area (Å²) in [6.45, 7) is 3.92. The summed E-state index contributed by atoms with van der Waals surface area (Å²) in [7, 11) is 0. The predicted molar refractivity (Wildman–Crippen MR) is 104 cm³/mol. The lowest BCUT2D eigenvalue weighted by Gasteiger charge is -2.13. The van der Waals surface area contributed by atoms with Gasteiger partial charge in [-0.15, -0.1) is 0 Å². The molecular weight excluding hydrogens is 438 g/mol. The zero-order valence-corrected chi connectivity index (χ0v) is 16.4. The molecule has 2 amide bonds. The molecule has 0 aliphatic heterocycles. The van der Waals surface area contributed by atoms with E-state index in [1.54, 1.807) is 18.3 Å². The molecule has 0 saturated heterocycles. The fourth-order valence-electron chi connectivity index (χ4n) is 1.85.